The summed E-state index contributed by atoms with van der Waals surface area (Å²) in [6.45, 7) is 3.03. The molecule has 2 heteroatoms. The van der Waals surface area contributed by atoms with Gasteiger partial charge in [-0.2, -0.15) is 0 Å². The number of H-pyrrole nitrogens is 1. The van der Waals surface area contributed by atoms with E-state index in [9.17, 15) is 0 Å². The Hall–Kier alpha value is -0.760. The van der Waals surface area contributed by atoms with E-state index < -0.39 is 0 Å². The van der Waals surface area contributed by atoms with E-state index in [2.05, 4.69) is 23.3 Å². The van der Waals surface area contributed by atoms with Crippen LogP contribution >= 0.6 is 0 Å². The summed E-state index contributed by atoms with van der Waals surface area (Å²) in [6, 6.07) is 2.09. The molecule has 1 rings (SSSR count). The zero-order valence-electron chi connectivity index (χ0n) is 5.86. The van der Waals surface area contributed by atoms with Gasteiger partial charge in [-0.15, -0.1) is 0 Å². The van der Waals surface area contributed by atoms with Gasteiger partial charge in [0.1, 0.15) is 0 Å². The maximum atomic E-state index is 3.11. The maximum Gasteiger partial charge on any atom is 0.0220 e. The van der Waals surface area contributed by atoms with Crippen molar-refractivity contribution in [2.75, 3.05) is 7.05 Å². The van der Waals surface area contributed by atoms with Crippen molar-refractivity contribution in [1.29, 1.82) is 0 Å². The van der Waals surface area contributed by atoms with E-state index >= 15 is 0 Å². The highest BCUT2D eigenvalue weighted by Gasteiger charge is 1.93. The zero-order chi connectivity index (χ0) is 6.69. The molecule has 0 amide bonds. The number of aromatic amines is 1. The van der Waals surface area contributed by atoms with Crippen LogP contribution in [0.3, 0.4) is 0 Å². The molecule has 0 bridgehead atoms. The van der Waals surface area contributed by atoms with Gasteiger partial charge in [0.05, 0.1) is 0 Å². The first kappa shape index (κ1) is 6.36. The van der Waals surface area contributed by atoms with E-state index in [0.717, 1.165) is 6.54 Å². The number of aromatic nitrogens is 1. The van der Waals surface area contributed by atoms with Crippen LogP contribution in [0.5, 0.6) is 0 Å². The Morgan fingerprint density at radius 1 is 1.67 bits per heavy atom. The van der Waals surface area contributed by atoms with Crippen molar-refractivity contribution in [2.24, 2.45) is 0 Å². The third kappa shape index (κ3) is 1.33. The Bertz CT molecular complexity index is 179. The molecule has 0 atom stereocenters. The summed E-state index contributed by atoms with van der Waals surface area (Å²) in [6.07, 6.45) is 1.96. The van der Waals surface area contributed by atoms with Gasteiger partial charge in [-0.1, -0.05) is 0 Å². The molecule has 0 aliphatic heterocycles. The second-order valence-electron chi connectivity index (χ2n) is 2.16. The molecule has 0 saturated carbocycles. The highest BCUT2D eigenvalue weighted by molar-refractivity contribution is 5.18. The van der Waals surface area contributed by atoms with Crippen molar-refractivity contribution in [2.45, 2.75) is 13.5 Å². The van der Waals surface area contributed by atoms with Crippen LogP contribution in [-0.4, -0.2) is 12.0 Å². The van der Waals surface area contributed by atoms with E-state index in [1.54, 1.807) is 0 Å². The molecule has 0 aliphatic rings. The molecule has 2 N–H and O–H groups in total. The summed E-state index contributed by atoms with van der Waals surface area (Å²) in [7, 11) is 1.95. The minimum absolute atomic E-state index is 0.954. The van der Waals surface area contributed by atoms with Crippen molar-refractivity contribution in [3.8, 4) is 0 Å². The number of nitrogens with one attached hydrogen (secondary N) is 2. The molecule has 2 nitrogen and oxygen atoms in total. The first-order chi connectivity index (χ1) is 4.34. The highest BCUT2D eigenvalue weighted by atomic mass is 14.8. The van der Waals surface area contributed by atoms with Gasteiger partial charge >= 0.3 is 0 Å². The Morgan fingerprint density at radius 3 is 2.89 bits per heavy atom. The number of rotatable bonds is 2. The van der Waals surface area contributed by atoms with E-state index in [-0.39, 0.29) is 0 Å². The van der Waals surface area contributed by atoms with Gasteiger partial charge in [-0.25, -0.2) is 0 Å². The van der Waals surface area contributed by atoms with Crippen molar-refractivity contribution in [3.05, 3.63) is 23.5 Å². The largest absolute Gasteiger partial charge is 0.365 e. The normalized spacial score (nSPS) is 10.0. The molecule has 1 heterocycles. The summed E-state index contributed by atoms with van der Waals surface area (Å²) in [5.74, 6) is 0. The van der Waals surface area contributed by atoms with Crippen molar-refractivity contribution < 1.29 is 0 Å². The summed E-state index contributed by atoms with van der Waals surface area (Å²) in [5.41, 5.74) is 2.60. The van der Waals surface area contributed by atoms with Crippen LogP contribution in [0.2, 0.25) is 0 Å². The van der Waals surface area contributed by atoms with E-state index in [1.165, 1.54) is 11.3 Å². The molecular formula is C7H12N2. The lowest BCUT2D eigenvalue weighted by Gasteiger charge is -1.95. The molecular weight excluding hydrogens is 112 g/mol. The minimum Gasteiger partial charge on any atom is -0.365 e. The first-order valence-electron chi connectivity index (χ1n) is 3.12. The molecule has 0 fully saturated rings. The lowest BCUT2D eigenvalue weighted by atomic mass is 10.2. The van der Waals surface area contributed by atoms with Crippen molar-refractivity contribution in [1.82, 2.24) is 10.3 Å². The fraction of sp³-hybridized carbons (Fsp3) is 0.429. The second-order valence-corrected chi connectivity index (χ2v) is 2.16. The average molecular weight is 124 g/mol. The van der Waals surface area contributed by atoms with Crippen LogP contribution in [-0.2, 0) is 6.54 Å². The van der Waals surface area contributed by atoms with Crippen LogP contribution in [0.4, 0.5) is 0 Å². The van der Waals surface area contributed by atoms with Gasteiger partial charge in [0.2, 0.25) is 0 Å². The van der Waals surface area contributed by atoms with Gasteiger partial charge in [-0.05, 0) is 25.6 Å². The molecule has 50 valence electrons. The van der Waals surface area contributed by atoms with E-state index in [1.807, 2.05) is 13.2 Å². The quantitative estimate of drug-likeness (QED) is 0.605. The minimum atomic E-state index is 0.954. The molecule has 0 radical (unpaired) electrons. The first-order valence-corrected chi connectivity index (χ1v) is 3.12. The zero-order valence-corrected chi connectivity index (χ0v) is 5.86. The summed E-state index contributed by atoms with van der Waals surface area (Å²) < 4.78 is 0. The predicted octanol–water partition coefficient (Wildman–Crippen LogP) is 1.04. The second kappa shape index (κ2) is 2.69. The summed E-state index contributed by atoms with van der Waals surface area (Å²) >= 11 is 0. The molecule has 0 saturated heterocycles. The monoisotopic (exact) mass is 124 g/mol. The average Bonchev–Trinajstić information content (AvgIpc) is 2.18. The smallest absolute Gasteiger partial charge is 0.0220 e. The molecule has 0 spiro atoms. The number of hydrogen-bond donors (Lipinski definition) is 2. The molecule has 0 aromatic carbocycles. The van der Waals surface area contributed by atoms with Gasteiger partial charge < -0.3 is 10.3 Å². The fourth-order valence-electron chi connectivity index (χ4n) is 0.867. The lowest BCUT2D eigenvalue weighted by Crippen LogP contribution is -2.04. The molecule has 1 aromatic heterocycles. The summed E-state index contributed by atoms with van der Waals surface area (Å²) in [5, 5.41) is 3.09. The van der Waals surface area contributed by atoms with Crippen LogP contribution in [0, 0.1) is 6.92 Å². The Morgan fingerprint density at radius 2 is 2.44 bits per heavy atom. The Kier molecular flexibility index (Phi) is 1.90. The fourth-order valence-corrected chi connectivity index (χ4v) is 0.867. The molecule has 9 heavy (non-hydrogen) atoms. The third-order valence-electron chi connectivity index (χ3n) is 1.43. The van der Waals surface area contributed by atoms with Crippen molar-refractivity contribution in [3.63, 3.8) is 0 Å². The molecule has 0 aliphatic carbocycles. The van der Waals surface area contributed by atoms with Crippen LogP contribution < -0.4 is 5.32 Å². The van der Waals surface area contributed by atoms with Crippen LogP contribution in [0.15, 0.2) is 12.3 Å². The third-order valence-corrected chi connectivity index (χ3v) is 1.43. The Balaban J connectivity index is 2.69. The van der Waals surface area contributed by atoms with Gasteiger partial charge in [-0.3, -0.25) is 0 Å². The lowest BCUT2D eigenvalue weighted by molar-refractivity contribution is 0.812. The predicted molar refractivity (Wildman–Crippen MR) is 38.3 cm³/mol. The maximum absolute atomic E-state index is 3.11. The van der Waals surface area contributed by atoms with E-state index in [0.29, 0.717) is 0 Å². The number of aryl methyl sites for hydroxylation is 1. The Labute approximate surface area is 55.3 Å². The molecule has 1 aromatic rings. The standard InChI is InChI=1S/C7H12N2/c1-6-7(5-8-2)3-4-9-6/h3-4,8-9H,5H2,1-2H3. The van der Waals surface area contributed by atoms with Gasteiger partial charge in [0.25, 0.3) is 0 Å². The SMILES string of the molecule is CNCc1cc[nH]c1C. The van der Waals surface area contributed by atoms with Gasteiger partial charge in [0.15, 0.2) is 0 Å². The summed E-state index contributed by atoms with van der Waals surface area (Å²) in [4.78, 5) is 3.11. The van der Waals surface area contributed by atoms with Crippen LogP contribution in [0.25, 0.3) is 0 Å². The van der Waals surface area contributed by atoms with Crippen LogP contribution in [0.1, 0.15) is 11.3 Å². The number of hydrogen-bond acceptors (Lipinski definition) is 1. The topological polar surface area (TPSA) is 27.8 Å². The highest BCUT2D eigenvalue weighted by Crippen LogP contribution is 2.02. The van der Waals surface area contributed by atoms with Crippen molar-refractivity contribution >= 4 is 0 Å². The van der Waals surface area contributed by atoms with E-state index in [4.69, 9.17) is 0 Å². The molecule has 0 unspecified atom stereocenters. The van der Waals surface area contributed by atoms with Gasteiger partial charge in [0, 0.05) is 18.4 Å².